The maximum absolute atomic E-state index is 12.7. The van der Waals surface area contributed by atoms with Gasteiger partial charge in [0.25, 0.3) is 5.70 Å². The lowest BCUT2D eigenvalue weighted by Gasteiger charge is -2.27. The van der Waals surface area contributed by atoms with E-state index in [1.165, 1.54) is 0 Å². The van der Waals surface area contributed by atoms with E-state index in [0.717, 1.165) is 44.3 Å². The number of likely N-dealkylation sites (N-methyl/N-ethyl adjacent to an activating group) is 1. The van der Waals surface area contributed by atoms with Crippen molar-refractivity contribution >= 4 is 48.9 Å². The van der Waals surface area contributed by atoms with Crippen LogP contribution in [0.1, 0.15) is 24.3 Å². The minimum Gasteiger partial charge on any atom is -0.394 e. The number of amides is 1. The summed E-state index contributed by atoms with van der Waals surface area (Å²) >= 11 is 3.42. The Hall–Kier alpha value is -2.27. The number of sulfonamides is 1. The van der Waals surface area contributed by atoms with E-state index in [2.05, 4.69) is 21.2 Å². The van der Waals surface area contributed by atoms with Gasteiger partial charge in [0.05, 0.1) is 31.2 Å². The van der Waals surface area contributed by atoms with E-state index in [-0.39, 0.29) is 18.4 Å². The molecule has 1 aliphatic carbocycles. The normalized spacial score (nSPS) is 16.3. The van der Waals surface area contributed by atoms with Crippen molar-refractivity contribution in [1.29, 1.82) is 0 Å². The topological polar surface area (TPSA) is 110 Å². The van der Waals surface area contributed by atoms with Crippen molar-refractivity contribution in [2.75, 3.05) is 30.8 Å². The van der Waals surface area contributed by atoms with Crippen LogP contribution in [-0.2, 0) is 14.8 Å². The van der Waals surface area contributed by atoms with Gasteiger partial charge >= 0.3 is 5.91 Å². The second-order valence-electron chi connectivity index (χ2n) is 8.07. The van der Waals surface area contributed by atoms with Gasteiger partial charge in [-0.25, -0.2) is 8.42 Å². The number of carbonyl (C=O) groups excluding carboxylic acids is 1. The van der Waals surface area contributed by atoms with E-state index >= 15 is 0 Å². The highest BCUT2D eigenvalue weighted by Gasteiger charge is 2.39. The van der Waals surface area contributed by atoms with Gasteiger partial charge in [-0.1, -0.05) is 15.9 Å². The lowest BCUT2D eigenvalue weighted by Crippen LogP contribution is -2.54. The van der Waals surface area contributed by atoms with Gasteiger partial charge in [0.2, 0.25) is 21.1 Å². The third-order valence-electron chi connectivity index (χ3n) is 5.67. The second kappa shape index (κ2) is 8.58. The smallest absolute Gasteiger partial charge is 0.317 e. The number of hydrogen-bond donors (Lipinski definition) is 3. The number of halogens is 1. The molecule has 170 valence electrons. The number of hydrogen-bond acceptors (Lipinski definition) is 5. The van der Waals surface area contributed by atoms with Gasteiger partial charge in [0.15, 0.2) is 0 Å². The molecule has 1 heterocycles. The van der Waals surface area contributed by atoms with Gasteiger partial charge in [0, 0.05) is 29.7 Å². The van der Waals surface area contributed by atoms with Crippen LogP contribution in [0.5, 0.6) is 0 Å². The highest BCUT2D eigenvalue weighted by atomic mass is 79.9. The lowest BCUT2D eigenvalue weighted by atomic mass is 10.0. The molecule has 0 saturated heterocycles. The Morgan fingerprint density at radius 1 is 1.28 bits per heavy atom. The van der Waals surface area contributed by atoms with Crippen LogP contribution in [0.2, 0.25) is 0 Å². The van der Waals surface area contributed by atoms with Crippen LogP contribution in [0.25, 0.3) is 5.70 Å². The molecule has 8 nitrogen and oxygen atoms in total. The number of anilines is 1. The molecule has 1 unspecified atom stereocenters. The Balaban J connectivity index is 1.99. The minimum atomic E-state index is -3.73. The largest absolute Gasteiger partial charge is 0.394 e. The van der Waals surface area contributed by atoms with Crippen molar-refractivity contribution in [2.45, 2.75) is 24.9 Å². The van der Waals surface area contributed by atoms with Gasteiger partial charge in [-0.3, -0.25) is 9.10 Å². The summed E-state index contributed by atoms with van der Waals surface area (Å²) < 4.78 is 29.1. The Bertz CT molecular complexity index is 1300. The fourth-order valence-electron chi connectivity index (χ4n) is 3.96. The number of nitrogens with one attached hydrogen (secondary N) is 1. The number of aliphatic hydroxyl groups excluding tert-OH is 2. The summed E-state index contributed by atoms with van der Waals surface area (Å²) in [4.78, 5) is 12.7. The van der Waals surface area contributed by atoms with E-state index in [9.17, 15) is 23.4 Å². The van der Waals surface area contributed by atoms with E-state index in [4.69, 9.17) is 0 Å². The molecule has 1 saturated carbocycles. The number of fused-ring (bicyclic) bond motifs is 1. The summed E-state index contributed by atoms with van der Waals surface area (Å²) in [5, 5.41) is 23.5. The van der Waals surface area contributed by atoms with Gasteiger partial charge < -0.3 is 15.5 Å². The average Bonchev–Trinajstić information content (AvgIpc) is 3.58. The first-order chi connectivity index (χ1) is 15.2. The molecule has 2 aromatic rings. The van der Waals surface area contributed by atoms with Gasteiger partial charge in [-0.15, -0.1) is 4.58 Å². The van der Waals surface area contributed by atoms with Crippen molar-refractivity contribution in [3.63, 3.8) is 0 Å². The molecule has 1 amide bonds. The first kappa shape index (κ1) is 22.9. The molecule has 0 spiro atoms. The van der Waals surface area contributed by atoms with Crippen LogP contribution < -0.4 is 24.8 Å². The summed E-state index contributed by atoms with van der Waals surface area (Å²) in [6.07, 6.45) is 1.73. The van der Waals surface area contributed by atoms with Gasteiger partial charge in [0.1, 0.15) is 5.22 Å². The van der Waals surface area contributed by atoms with Crippen LogP contribution in [-0.4, -0.2) is 57.1 Å². The second-order valence-corrected chi connectivity index (χ2v) is 10.9. The first-order valence-corrected chi connectivity index (χ1v) is 12.9. The predicted molar refractivity (Wildman–Crippen MR) is 125 cm³/mol. The third-order valence-corrected chi connectivity index (χ3v) is 7.34. The van der Waals surface area contributed by atoms with Crippen molar-refractivity contribution < 1.29 is 23.4 Å². The number of nitrogens with zero attached hydrogens (tertiary/aromatic N) is 2. The van der Waals surface area contributed by atoms with Crippen molar-refractivity contribution in [3.8, 4) is 0 Å². The zero-order chi connectivity index (χ0) is 23.2. The molecule has 2 aliphatic rings. The standard InChI is InChI=1S/C22H24BrN3O5S/c1-24-22(29)21-18-9-17(13-3-4-13)19(25(32(2,30)31)11-16(28)12-27)10-20(18)26(21)15-7-5-14(23)6-8-15/h5-10,13,16,27-28H,3-4,11-12H2,1-2H3/p+1. The van der Waals surface area contributed by atoms with Crippen LogP contribution in [0.15, 0.2) is 40.9 Å². The number of carbonyl (C=O) groups is 1. The molecule has 4 rings (SSSR count). The average molecular weight is 523 g/mol. The number of benzene rings is 2. The quantitative estimate of drug-likeness (QED) is 0.427. The summed E-state index contributed by atoms with van der Waals surface area (Å²) in [7, 11) is -2.15. The SMILES string of the molecule is CNC(=O)C1=c2cc(C3CC3)c(N(CC(O)CO)S(C)(=O)=O)cc2=[N+]1c1ccc(Br)cc1. The zero-order valence-corrected chi connectivity index (χ0v) is 20.1. The monoisotopic (exact) mass is 522 g/mol. The molecular formula is C22H25BrN3O5S+. The van der Waals surface area contributed by atoms with Crippen molar-refractivity contribution in [1.82, 2.24) is 9.89 Å². The molecule has 10 heteroatoms. The molecule has 0 bridgehead atoms. The Morgan fingerprint density at radius 2 is 1.94 bits per heavy atom. The van der Waals surface area contributed by atoms with Crippen LogP contribution in [0.3, 0.4) is 0 Å². The van der Waals surface area contributed by atoms with Crippen LogP contribution in [0.4, 0.5) is 11.4 Å². The van der Waals surface area contributed by atoms with E-state index < -0.39 is 22.7 Å². The summed E-state index contributed by atoms with van der Waals surface area (Å²) in [5.74, 6) is -0.0379. The minimum absolute atomic E-state index is 0.193. The molecule has 1 fully saturated rings. The van der Waals surface area contributed by atoms with Crippen molar-refractivity contribution in [3.05, 3.63) is 57.0 Å². The Labute approximate surface area is 194 Å². The van der Waals surface area contributed by atoms with Gasteiger partial charge in [-0.05, 0) is 42.5 Å². The molecule has 1 atom stereocenters. The third kappa shape index (κ3) is 4.19. The van der Waals surface area contributed by atoms with Crippen LogP contribution in [0, 0.1) is 0 Å². The summed E-state index contributed by atoms with van der Waals surface area (Å²) in [6, 6.07) is 11.1. The molecule has 32 heavy (non-hydrogen) atoms. The highest BCUT2D eigenvalue weighted by Crippen LogP contribution is 2.44. The van der Waals surface area contributed by atoms with Crippen molar-refractivity contribution in [2.24, 2.45) is 0 Å². The molecule has 1 aliphatic heterocycles. The Morgan fingerprint density at radius 3 is 2.47 bits per heavy atom. The first-order valence-electron chi connectivity index (χ1n) is 10.3. The van der Waals surface area contributed by atoms with E-state index in [0.29, 0.717) is 16.7 Å². The fraction of sp³-hybridized carbons (Fsp3) is 0.364. The van der Waals surface area contributed by atoms with E-state index in [1.807, 2.05) is 30.3 Å². The van der Waals surface area contributed by atoms with Crippen LogP contribution >= 0.6 is 15.9 Å². The molecule has 2 aromatic carbocycles. The summed E-state index contributed by atoms with van der Waals surface area (Å²) in [5.41, 5.74) is 2.57. The number of rotatable bonds is 8. The molecule has 3 N–H and O–H groups in total. The molecule has 0 radical (unpaired) electrons. The number of aliphatic hydroxyl groups is 2. The van der Waals surface area contributed by atoms with Gasteiger partial charge in [-0.2, -0.15) is 0 Å². The lowest BCUT2D eigenvalue weighted by molar-refractivity contribution is -0.115. The predicted octanol–water partition coefficient (Wildman–Crippen LogP) is 0.136. The van der Waals surface area contributed by atoms with E-state index in [1.54, 1.807) is 17.7 Å². The fourth-order valence-corrected chi connectivity index (χ4v) is 5.18. The maximum atomic E-state index is 12.7. The maximum Gasteiger partial charge on any atom is 0.317 e. The summed E-state index contributed by atoms with van der Waals surface area (Å²) in [6.45, 7) is -0.798. The molecular weight excluding hydrogens is 498 g/mol. The molecule has 0 aromatic heterocycles. The zero-order valence-electron chi connectivity index (χ0n) is 17.7. The Kier molecular flexibility index (Phi) is 6.15. The highest BCUT2D eigenvalue weighted by molar-refractivity contribution is 9.10.